The van der Waals surface area contributed by atoms with Crippen molar-refractivity contribution in [3.8, 4) is 0 Å². The van der Waals surface area contributed by atoms with Crippen LogP contribution in [-0.2, 0) is 9.84 Å². The van der Waals surface area contributed by atoms with Gasteiger partial charge >= 0.3 is 0 Å². The van der Waals surface area contributed by atoms with E-state index in [4.69, 9.17) is 0 Å². The molecule has 0 spiro atoms. The highest BCUT2D eigenvalue weighted by atomic mass is 32.2. The van der Waals surface area contributed by atoms with Gasteiger partial charge in [-0.25, -0.2) is 8.42 Å². The quantitative estimate of drug-likeness (QED) is 0.675. The zero-order valence-corrected chi connectivity index (χ0v) is 12.7. The lowest BCUT2D eigenvalue weighted by Crippen LogP contribution is -2.41. The fraction of sp³-hybridized carbons (Fsp3) is 1.00. The van der Waals surface area contributed by atoms with Gasteiger partial charge in [-0.15, -0.1) is 0 Å². The molecule has 17 heavy (non-hydrogen) atoms. The summed E-state index contributed by atoms with van der Waals surface area (Å²) in [5, 5.41) is 3.37. The molecule has 0 aliphatic carbocycles. The largest absolute Gasteiger partial charge is 0.316 e. The molecule has 1 unspecified atom stereocenters. The van der Waals surface area contributed by atoms with Crippen molar-refractivity contribution in [2.24, 2.45) is 5.41 Å². The molecule has 0 heterocycles. The van der Waals surface area contributed by atoms with Crippen LogP contribution in [0.4, 0.5) is 0 Å². The highest BCUT2D eigenvalue weighted by molar-refractivity contribution is 7.90. The van der Waals surface area contributed by atoms with Crippen molar-refractivity contribution in [3.05, 3.63) is 0 Å². The maximum atomic E-state index is 11.1. The Bertz CT molecular complexity index is 304. The van der Waals surface area contributed by atoms with Gasteiger partial charge in [-0.05, 0) is 25.4 Å². The van der Waals surface area contributed by atoms with E-state index in [-0.39, 0.29) is 11.2 Å². The van der Waals surface area contributed by atoms with E-state index in [2.05, 4.69) is 31.0 Å². The molecule has 4 nitrogen and oxygen atoms in total. The van der Waals surface area contributed by atoms with Crippen molar-refractivity contribution in [3.63, 3.8) is 0 Å². The minimum absolute atomic E-state index is 0.211. The minimum Gasteiger partial charge on any atom is -0.316 e. The molecule has 5 heteroatoms. The molecule has 0 aromatic rings. The first-order chi connectivity index (χ1) is 7.72. The van der Waals surface area contributed by atoms with Gasteiger partial charge < -0.3 is 10.2 Å². The van der Waals surface area contributed by atoms with Gasteiger partial charge in [-0.1, -0.05) is 20.8 Å². The fourth-order valence-corrected chi connectivity index (χ4v) is 2.42. The van der Waals surface area contributed by atoms with Gasteiger partial charge in [0.25, 0.3) is 0 Å². The molecular weight excluding hydrogens is 236 g/mol. The number of nitrogens with zero attached hydrogens (tertiary/aromatic N) is 1. The third kappa shape index (κ3) is 8.57. The molecule has 0 rings (SSSR count). The predicted molar refractivity (Wildman–Crippen MR) is 74.1 cm³/mol. The second-order valence-electron chi connectivity index (χ2n) is 5.31. The molecule has 104 valence electrons. The van der Waals surface area contributed by atoms with Crippen LogP contribution >= 0.6 is 0 Å². The van der Waals surface area contributed by atoms with Gasteiger partial charge in [0.05, 0.1) is 5.75 Å². The molecule has 1 N–H and O–H groups in total. The van der Waals surface area contributed by atoms with Crippen molar-refractivity contribution in [1.82, 2.24) is 10.2 Å². The van der Waals surface area contributed by atoms with Gasteiger partial charge in [-0.2, -0.15) is 0 Å². The van der Waals surface area contributed by atoms with Crippen molar-refractivity contribution >= 4 is 9.84 Å². The van der Waals surface area contributed by atoms with Crippen LogP contribution in [0.15, 0.2) is 0 Å². The van der Waals surface area contributed by atoms with E-state index in [9.17, 15) is 8.42 Å². The zero-order chi connectivity index (χ0) is 13.5. The Balaban J connectivity index is 4.17. The van der Waals surface area contributed by atoms with Gasteiger partial charge in [0.2, 0.25) is 0 Å². The summed E-state index contributed by atoms with van der Waals surface area (Å²) in [7, 11) is -0.865. The summed E-state index contributed by atoms with van der Waals surface area (Å²) in [5.74, 6) is 0.241. The van der Waals surface area contributed by atoms with Crippen LogP contribution in [0.5, 0.6) is 0 Å². The van der Waals surface area contributed by atoms with Crippen molar-refractivity contribution in [2.45, 2.75) is 27.2 Å². The minimum atomic E-state index is -2.86. The SMILES string of the molecule is CCNCC(C)(CC)CN(C)CCS(C)(=O)=O. The Morgan fingerprint density at radius 1 is 1.29 bits per heavy atom. The normalized spacial score (nSPS) is 16.1. The Kier molecular flexibility index (Phi) is 7.28. The molecule has 0 aliphatic heterocycles. The summed E-state index contributed by atoms with van der Waals surface area (Å²) in [5.41, 5.74) is 0.211. The molecule has 1 atom stereocenters. The number of sulfone groups is 1. The smallest absolute Gasteiger partial charge is 0.148 e. The molecule has 0 aromatic heterocycles. The molecular formula is C12H28N2O2S. The predicted octanol–water partition coefficient (Wildman–Crippen LogP) is 0.989. The number of hydrogen-bond acceptors (Lipinski definition) is 4. The molecule has 0 saturated carbocycles. The first kappa shape index (κ1) is 16.9. The number of nitrogens with one attached hydrogen (secondary N) is 1. The molecule has 0 bridgehead atoms. The van der Waals surface area contributed by atoms with Crippen molar-refractivity contribution in [1.29, 1.82) is 0 Å². The van der Waals surface area contributed by atoms with Crippen LogP contribution in [0, 0.1) is 5.41 Å². The highest BCUT2D eigenvalue weighted by Crippen LogP contribution is 2.20. The van der Waals surface area contributed by atoms with Crippen LogP contribution in [0.3, 0.4) is 0 Å². The van der Waals surface area contributed by atoms with Gasteiger partial charge in [0.1, 0.15) is 9.84 Å². The Labute approximate surface area is 107 Å². The van der Waals surface area contributed by atoms with Crippen LogP contribution in [0.2, 0.25) is 0 Å². The Morgan fingerprint density at radius 2 is 1.88 bits per heavy atom. The third-order valence-electron chi connectivity index (χ3n) is 3.15. The monoisotopic (exact) mass is 264 g/mol. The summed E-state index contributed by atoms with van der Waals surface area (Å²) in [6.45, 7) is 10.0. The maximum Gasteiger partial charge on any atom is 0.148 e. The van der Waals surface area contributed by atoms with E-state index in [1.54, 1.807) is 0 Å². The van der Waals surface area contributed by atoms with Crippen LogP contribution in [-0.4, -0.2) is 58.6 Å². The van der Waals surface area contributed by atoms with Gasteiger partial charge in [0.15, 0.2) is 0 Å². The highest BCUT2D eigenvalue weighted by Gasteiger charge is 2.23. The summed E-state index contributed by atoms with van der Waals surface area (Å²) in [6, 6.07) is 0. The van der Waals surface area contributed by atoms with E-state index in [0.717, 1.165) is 26.1 Å². The van der Waals surface area contributed by atoms with Gasteiger partial charge in [0, 0.05) is 25.9 Å². The molecule has 0 radical (unpaired) electrons. The number of rotatable bonds is 9. The second-order valence-corrected chi connectivity index (χ2v) is 7.57. The average molecular weight is 264 g/mol. The van der Waals surface area contributed by atoms with Crippen LogP contribution in [0.1, 0.15) is 27.2 Å². The van der Waals surface area contributed by atoms with E-state index in [1.165, 1.54) is 6.26 Å². The first-order valence-corrected chi connectivity index (χ1v) is 8.35. The van der Waals surface area contributed by atoms with E-state index in [0.29, 0.717) is 6.54 Å². The topological polar surface area (TPSA) is 49.4 Å². The summed E-state index contributed by atoms with van der Waals surface area (Å²) >= 11 is 0. The molecule has 0 fully saturated rings. The summed E-state index contributed by atoms with van der Waals surface area (Å²) < 4.78 is 22.2. The summed E-state index contributed by atoms with van der Waals surface area (Å²) in [4.78, 5) is 2.11. The second kappa shape index (κ2) is 7.34. The van der Waals surface area contributed by atoms with Crippen LogP contribution < -0.4 is 5.32 Å². The molecule has 0 saturated heterocycles. The van der Waals surface area contributed by atoms with Crippen LogP contribution in [0.25, 0.3) is 0 Å². The lowest BCUT2D eigenvalue weighted by Gasteiger charge is -2.33. The third-order valence-corrected chi connectivity index (χ3v) is 4.07. The fourth-order valence-electron chi connectivity index (χ4n) is 1.77. The molecule has 0 aromatic carbocycles. The lowest BCUT2D eigenvalue weighted by atomic mass is 9.87. The summed E-state index contributed by atoms with van der Waals surface area (Å²) in [6.07, 6.45) is 2.38. The Morgan fingerprint density at radius 3 is 2.29 bits per heavy atom. The zero-order valence-electron chi connectivity index (χ0n) is 11.9. The molecule has 0 amide bonds. The standard InChI is InChI=1S/C12H28N2O2S/c1-6-12(3,10-13-7-2)11-14(4)8-9-17(5,15)16/h13H,6-11H2,1-5H3. The van der Waals surface area contributed by atoms with Crippen molar-refractivity contribution in [2.75, 3.05) is 45.2 Å². The lowest BCUT2D eigenvalue weighted by molar-refractivity contribution is 0.187. The van der Waals surface area contributed by atoms with Crippen molar-refractivity contribution < 1.29 is 8.42 Å². The first-order valence-electron chi connectivity index (χ1n) is 6.29. The van der Waals surface area contributed by atoms with E-state index >= 15 is 0 Å². The van der Waals surface area contributed by atoms with E-state index < -0.39 is 9.84 Å². The number of hydrogen-bond donors (Lipinski definition) is 1. The Hall–Kier alpha value is -0.130. The van der Waals surface area contributed by atoms with E-state index in [1.807, 2.05) is 7.05 Å². The molecule has 0 aliphatic rings. The maximum absolute atomic E-state index is 11.1. The van der Waals surface area contributed by atoms with Gasteiger partial charge in [-0.3, -0.25) is 0 Å². The average Bonchev–Trinajstić information content (AvgIpc) is 2.23.